The van der Waals surface area contributed by atoms with Crippen LogP contribution in [0.15, 0.2) is 36.9 Å². The topological polar surface area (TPSA) is 12.5 Å². The average molecular weight is 221 g/mol. The molecule has 1 aliphatic rings. The van der Waals surface area contributed by atoms with Gasteiger partial charge in [0, 0.05) is 18.7 Å². The fourth-order valence-electron chi connectivity index (χ4n) is 2.04. The van der Waals surface area contributed by atoms with E-state index in [1.54, 1.807) is 12.1 Å². The Bertz CT molecular complexity index is 361. The van der Waals surface area contributed by atoms with Crippen LogP contribution in [0.2, 0.25) is 0 Å². The number of nitrogens with zero attached hydrogens (tertiary/aromatic N) is 1. The Hall–Kier alpha value is -1.19. The fourth-order valence-corrected chi connectivity index (χ4v) is 2.04. The first-order valence-corrected chi connectivity index (χ1v) is 5.51. The zero-order valence-corrected chi connectivity index (χ0v) is 9.23. The molecule has 1 aliphatic heterocycles. The van der Waals surface area contributed by atoms with Crippen molar-refractivity contribution >= 4 is 0 Å². The summed E-state index contributed by atoms with van der Waals surface area (Å²) in [6, 6.07) is 6.82. The monoisotopic (exact) mass is 221 g/mol. The molecule has 2 nitrogen and oxygen atoms in total. The van der Waals surface area contributed by atoms with Crippen molar-refractivity contribution in [1.29, 1.82) is 0 Å². The summed E-state index contributed by atoms with van der Waals surface area (Å²) in [5.41, 5.74) is 0.694. The molecule has 0 aliphatic carbocycles. The zero-order chi connectivity index (χ0) is 11.4. The summed E-state index contributed by atoms with van der Waals surface area (Å²) in [6.45, 7) is 6.87. The molecule has 1 heterocycles. The van der Waals surface area contributed by atoms with Gasteiger partial charge in [0.2, 0.25) is 0 Å². The molecule has 86 valence electrons. The van der Waals surface area contributed by atoms with E-state index in [-0.39, 0.29) is 11.9 Å². The summed E-state index contributed by atoms with van der Waals surface area (Å²) < 4.78 is 19.0. The largest absolute Gasteiger partial charge is 0.379 e. The maximum atomic E-state index is 13.7. The van der Waals surface area contributed by atoms with Gasteiger partial charge in [-0.15, -0.1) is 6.58 Å². The van der Waals surface area contributed by atoms with Crippen LogP contribution in [0.3, 0.4) is 0 Å². The van der Waals surface area contributed by atoms with Crippen molar-refractivity contribution in [1.82, 2.24) is 4.90 Å². The van der Waals surface area contributed by atoms with Gasteiger partial charge in [-0.25, -0.2) is 4.39 Å². The molecule has 0 aromatic heterocycles. The summed E-state index contributed by atoms with van der Waals surface area (Å²) >= 11 is 0. The van der Waals surface area contributed by atoms with Gasteiger partial charge in [0.1, 0.15) is 5.82 Å². The van der Waals surface area contributed by atoms with Gasteiger partial charge < -0.3 is 4.74 Å². The van der Waals surface area contributed by atoms with Gasteiger partial charge in [-0.2, -0.15) is 0 Å². The molecule has 0 saturated carbocycles. The molecule has 1 unspecified atom stereocenters. The number of ether oxygens (including phenoxy) is 1. The Balaban J connectivity index is 2.21. The maximum Gasteiger partial charge on any atom is 0.128 e. The second-order valence-corrected chi connectivity index (χ2v) is 3.85. The smallest absolute Gasteiger partial charge is 0.128 e. The predicted octanol–water partition coefficient (Wildman–Crippen LogP) is 2.39. The van der Waals surface area contributed by atoms with Crippen molar-refractivity contribution in [3.63, 3.8) is 0 Å². The van der Waals surface area contributed by atoms with Gasteiger partial charge in [0.15, 0.2) is 0 Å². The predicted molar refractivity (Wildman–Crippen MR) is 61.7 cm³/mol. The quantitative estimate of drug-likeness (QED) is 0.727. The first kappa shape index (κ1) is 11.3. The highest BCUT2D eigenvalue weighted by Gasteiger charge is 2.21. The molecule has 1 atom stereocenters. The molecule has 0 bridgehead atoms. The van der Waals surface area contributed by atoms with E-state index >= 15 is 0 Å². The van der Waals surface area contributed by atoms with E-state index in [9.17, 15) is 4.39 Å². The summed E-state index contributed by atoms with van der Waals surface area (Å²) in [5, 5.41) is 0. The lowest BCUT2D eigenvalue weighted by atomic mass is 10.0. The number of rotatable bonds is 3. The molecular formula is C13H16FNO. The van der Waals surface area contributed by atoms with Gasteiger partial charge in [0.25, 0.3) is 0 Å². The number of benzene rings is 1. The number of hydrogen-bond donors (Lipinski definition) is 0. The van der Waals surface area contributed by atoms with Crippen LogP contribution in [0.25, 0.3) is 0 Å². The van der Waals surface area contributed by atoms with E-state index in [4.69, 9.17) is 4.74 Å². The molecule has 1 fully saturated rings. The second-order valence-electron chi connectivity index (χ2n) is 3.85. The third-order valence-corrected chi connectivity index (χ3v) is 2.89. The van der Waals surface area contributed by atoms with Crippen molar-refractivity contribution in [3.8, 4) is 0 Å². The zero-order valence-electron chi connectivity index (χ0n) is 9.23. The normalized spacial score (nSPS) is 19.3. The highest BCUT2D eigenvalue weighted by molar-refractivity contribution is 5.24. The van der Waals surface area contributed by atoms with E-state index < -0.39 is 0 Å². The lowest BCUT2D eigenvalue weighted by molar-refractivity contribution is 0.0248. The molecule has 0 amide bonds. The van der Waals surface area contributed by atoms with Crippen LogP contribution in [0.5, 0.6) is 0 Å². The minimum atomic E-state index is -0.168. The molecule has 3 heteroatoms. The number of hydrogen-bond acceptors (Lipinski definition) is 2. The van der Waals surface area contributed by atoms with Crippen LogP contribution in [-0.4, -0.2) is 31.2 Å². The molecule has 0 spiro atoms. The lowest BCUT2D eigenvalue weighted by Crippen LogP contribution is -2.38. The highest BCUT2D eigenvalue weighted by atomic mass is 19.1. The molecule has 16 heavy (non-hydrogen) atoms. The van der Waals surface area contributed by atoms with Crippen LogP contribution in [0.4, 0.5) is 4.39 Å². The first-order valence-electron chi connectivity index (χ1n) is 5.51. The molecule has 0 N–H and O–H groups in total. The first-order chi connectivity index (χ1) is 7.83. The van der Waals surface area contributed by atoms with Gasteiger partial charge in [-0.1, -0.05) is 24.3 Å². The molecule has 1 saturated heterocycles. The van der Waals surface area contributed by atoms with Crippen LogP contribution in [0, 0.1) is 5.82 Å². The number of halogens is 1. The third kappa shape index (κ3) is 2.31. The summed E-state index contributed by atoms with van der Waals surface area (Å²) in [7, 11) is 0. The van der Waals surface area contributed by atoms with Gasteiger partial charge in [-0.3, -0.25) is 4.90 Å². The van der Waals surface area contributed by atoms with Crippen molar-refractivity contribution in [3.05, 3.63) is 48.3 Å². The summed E-state index contributed by atoms with van der Waals surface area (Å²) in [4.78, 5) is 2.19. The molecule has 1 aromatic carbocycles. The minimum absolute atomic E-state index is 0.0508. The Kier molecular flexibility index (Phi) is 3.70. The Labute approximate surface area is 95.3 Å². The SMILES string of the molecule is C=CC(c1ccccc1F)N1CCOCC1. The fraction of sp³-hybridized carbons (Fsp3) is 0.385. The Morgan fingerprint density at radius 3 is 2.62 bits per heavy atom. The second kappa shape index (κ2) is 5.23. The summed E-state index contributed by atoms with van der Waals surface area (Å²) in [5.74, 6) is -0.168. The van der Waals surface area contributed by atoms with Gasteiger partial charge in [-0.05, 0) is 6.07 Å². The van der Waals surface area contributed by atoms with E-state index in [1.165, 1.54) is 6.07 Å². The molecule has 2 rings (SSSR count). The Morgan fingerprint density at radius 2 is 2.00 bits per heavy atom. The van der Waals surface area contributed by atoms with Crippen LogP contribution in [-0.2, 0) is 4.74 Å². The summed E-state index contributed by atoms with van der Waals surface area (Å²) in [6.07, 6.45) is 1.80. The van der Waals surface area contributed by atoms with E-state index in [0.29, 0.717) is 18.8 Å². The molecular weight excluding hydrogens is 205 g/mol. The minimum Gasteiger partial charge on any atom is -0.379 e. The van der Waals surface area contributed by atoms with Crippen LogP contribution in [0.1, 0.15) is 11.6 Å². The van der Waals surface area contributed by atoms with E-state index in [0.717, 1.165) is 13.1 Å². The maximum absolute atomic E-state index is 13.7. The standard InChI is InChI=1S/C13H16FNO/c1-2-13(15-7-9-16-10-8-15)11-5-3-4-6-12(11)14/h2-6,13H,1,7-10H2. The van der Waals surface area contributed by atoms with E-state index in [1.807, 2.05) is 12.1 Å². The van der Waals surface area contributed by atoms with Crippen molar-refractivity contribution < 1.29 is 9.13 Å². The Morgan fingerprint density at radius 1 is 1.31 bits per heavy atom. The van der Waals surface area contributed by atoms with Crippen molar-refractivity contribution in [2.24, 2.45) is 0 Å². The highest BCUT2D eigenvalue weighted by Crippen LogP contribution is 2.24. The van der Waals surface area contributed by atoms with Crippen LogP contribution < -0.4 is 0 Å². The van der Waals surface area contributed by atoms with Gasteiger partial charge >= 0.3 is 0 Å². The third-order valence-electron chi connectivity index (χ3n) is 2.89. The van der Waals surface area contributed by atoms with Crippen LogP contribution >= 0.6 is 0 Å². The van der Waals surface area contributed by atoms with E-state index in [2.05, 4.69) is 11.5 Å². The van der Waals surface area contributed by atoms with Crippen molar-refractivity contribution in [2.75, 3.05) is 26.3 Å². The number of morpholine rings is 1. The van der Waals surface area contributed by atoms with Gasteiger partial charge in [0.05, 0.1) is 19.3 Å². The van der Waals surface area contributed by atoms with Crippen molar-refractivity contribution in [2.45, 2.75) is 6.04 Å². The molecule has 0 radical (unpaired) electrons. The molecule has 1 aromatic rings. The average Bonchev–Trinajstić information content (AvgIpc) is 2.34. The lowest BCUT2D eigenvalue weighted by Gasteiger charge is -2.33.